The zero-order valence-corrected chi connectivity index (χ0v) is 12.3. The third kappa shape index (κ3) is 3.12. The van der Waals surface area contributed by atoms with E-state index < -0.39 is 10.2 Å². The van der Waals surface area contributed by atoms with Crippen molar-refractivity contribution in [3.8, 4) is 0 Å². The molecule has 0 aromatic rings. The smallest absolute Gasteiger partial charge is 0.282 e. The summed E-state index contributed by atoms with van der Waals surface area (Å²) >= 11 is 0. The largest absolute Gasteiger partial charge is 0.330 e. The van der Waals surface area contributed by atoms with Crippen molar-refractivity contribution in [2.45, 2.75) is 44.6 Å². The normalized spacial score (nSPS) is 29.9. The molecule has 5 nitrogen and oxygen atoms in total. The zero-order valence-electron chi connectivity index (χ0n) is 11.5. The van der Waals surface area contributed by atoms with Crippen LogP contribution in [0.1, 0.15) is 38.5 Å². The Morgan fingerprint density at radius 2 is 1.84 bits per heavy atom. The van der Waals surface area contributed by atoms with Crippen LogP contribution in [0.3, 0.4) is 0 Å². The van der Waals surface area contributed by atoms with E-state index in [4.69, 9.17) is 5.73 Å². The molecule has 110 valence electrons. The Morgan fingerprint density at radius 3 is 2.42 bits per heavy atom. The van der Waals surface area contributed by atoms with Crippen molar-refractivity contribution in [1.29, 1.82) is 0 Å². The summed E-state index contributed by atoms with van der Waals surface area (Å²) in [4.78, 5) is 0. The fourth-order valence-electron chi connectivity index (χ4n) is 2.93. The monoisotopic (exact) mass is 287 g/mol. The van der Waals surface area contributed by atoms with Gasteiger partial charge in [0.2, 0.25) is 0 Å². The molecule has 1 aliphatic heterocycles. The number of nitrogens with two attached hydrogens (primary N) is 1. The molecule has 3 rings (SSSR count). The van der Waals surface area contributed by atoms with E-state index in [1.165, 1.54) is 12.8 Å². The molecule has 1 unspecified atom stereocenters. The van der Waals surface area contributed by atoms with Gasteiger partial charge in [-0.15, -0.1) is 0 Å². The first-order valence-electron chi connectivity index (χ1n) is 7.58. The van der Waals surface area contributed by atoms with E-state index in [0.29, 0.717) is 31.5 Å². The number of nitrogens with zero attached hydrogens (tertiary/aromatic N) is 2. The Morgan fingerprint density at radius 1 is 1.11 bits per heavy atom. The Kier molecular flexibility index (Phi) is 3.86. The van der Waals surface area contributed by atoms with Gasteiger partial charge in [-0.3, -0.25) is 0 Å². The highest BCUT2D eigenvalue weighted by Gasteiger charge is 2.43. The predicted molar refractivity (Wildman–Crippen MR) is 74.7 cm³/mol. The molecule has 3 aliphatic rings. The van der Waals surface area contributed by atoms with Gasteiger partial charge in [-0.1, -0.05) is 0 Å². The Labute approximate surface area is 116 Å². The van der Waals surface area contributed by atoms with Gasteiger partial charge >= 0.3 is 0 Å². The van der Waals surface area contributed by atoms with E-state index in [1.54, 1.807) is 8.61 Å². The van der Waals surface area contributed by atoms with E-state index in [-0.39, 0.29) is 6.04 Å². The van der Waals surface area contributed by atoms with Crippen molar-refractivity contribution in [2.24, 2.45) is 17.6 Å². The van der Waals surface area contributed by atoms with E-state index in [1.807, 2.05) is 0 Å². The first-order chi connectivity index (χ1) is 9.11. The zero-order chi connectivity index (χ0) is 13.5. The molecule has 1 saturated heterocycles. The minimum Gasteiger partial charge on any atom is -0.330 e. The number of piperidine rings is 1. The summed E-state index contributed by atoms with van der Waals surface area (Å²) < 4.78 is 29.1. The second kappa shape index (κ2) is 5.31. The molecule has 0 spiro atoms. The lowest BCUT2D eigenvalue weighted by Crippen LogP contribution is -2.50. The van der Waals surface area contributed by atoms with E-state index >= 15 is 0 Å². The maximum absolute atomic E-state index is 12.8. The highest BCUT2D eigenvalue weighted by atomic mass is 32.2. The van der Waals surface area contributed by atoms with Crippen molar-refractivity contribution >= 4 is 10.2 Å². The Balaban J connectivity index is 1.71. The first kappa shape index (κ1) is 13.8. The van der Waals surface area contributed by atoms with Crippen molar-refractivity contribution in [1.82, 2.24) is 8.61 Å². The van der Waals surface area contributed by atoms with Gasteiger partial charge < -0.3 is 5.73 Å². The van der Waals surface area contributed by atoms with Crippen molar-refractivity contribution in [2.75, 3.05) is 26.2 Å². The van der Waals surface area contributed by atoms with Crippen LogP contribution in [0.4, 0.5) is 0 Å². The van der Waals surface area contributed by atoms with Gasteiger partial charge in [-0.25, -0.2) is 0 Å². The van der Waals surface area contributed by atoms with Crippen LogP contribution in [0, 0.1) is 11.8 Å². The second-order valence-corrected chi connectivity index (χ2v) is 8.24. The fourth-order valence-corrected chi connectivity index (χ4v) is 4.97. The molecule has 0 amide bonds. The maximum atomic E-state index is 12.8. The summed E-state index contributed by atoms with van der Waals surface area (Å²) in [5, 5.41) is 0. The van der Waals surface area contributed by atoms with Crippen LogP contribution in [0.5, 0.6) is 0 Å². The SMILES string of the molecule is NCC1CCCN(S(=O)(=O)N(CC2CC2)C2CC2)C1. The summed E-state index contributed by atoms with van der Waals surface area (Å²) in [6.07, 6.45) is 6.49. The van der Waals surface area contributed by atoms with Crippen LogP contribution in [0.2, 0.25) is 0 Å². The molecule has 0 aromatic carbocycles. The van der Waals surface area contributed by atoms with E-state index in [0.717, 1.165) is 32.2 Å². The van der Waals surface area contributed by atoms with Gasteiger partial charge in [0.15, 0.2) is 0 Å². The quantitative estimate of drug-likeness (QED) is 0.785. The fraction of sp³-hybridized carbons (Fsp3) is 1.00. The first-order valence-corrected chi connectivity index (χ1v) is 8.98. The summed E-state index contributed by atoms with van der Waals surface area (Å²) in [5.74, 6) is 0.955. The van der Waals surface area contributed by atoms with Crippen LogP contribution in [0.25, 0.3) is 0 Å². The molecule has 0 aromatic heterocycles. The standard InChI is InChI=1S/C13H25N3O2S/c14-8-12-2-1-7-15(9-12)19(17,18)16(13-5-6-13)10-11-3-4-11/h11-13H,1-10,14H2. The number of hydrogen-bond acceptors (Lipinski definition) is 3. The lowest BCUT2D eigenvalue weighted by atomic mass is 10.0. The average molecular weight is 287 g/mol. The summed E-state index contributed by atoms with van der Waals surface area (Å²) in [7, 11) is -3.25. The highest BCUT2D eigenvalue weighted by molar-refractivity contribution is 7.86. The third-order valence-electron chi connectivity index (χ3n) is 4.53. The molecule has 2 saturated carbocycles. The average Bonchev–Trinajstić information content (AvgIpc) is 3.28. The topological polar surface area (TPSA) is 66.6 Å². The van der Waals surface area contributed by atoms with E-state index in [2.05, 4.69) is 0 Å². The van der Waals surface area contributed by atoms with Gasteiger partial charge in [0.05, 0.1) is 0 Å². The highest BCUT2D eigenvalue weighted by Crippen LogP contribution is 2.37. The Bertz CT molecular complexity index is 418. The van der Waals surface area contributed by atoms with Crippen LogP contribution in [0.15, 0.2) is 0 Å². The predicted octanol–water partition coefficient (Wildman–Crippen LogP) is 0.776. The summed E-state index contributed by atoms with van der Waals surface area (Å²) in [5.41, 5.74) is 5.71. The molecule has 3 fully saturated rings. The van der Waals surface area contributed by atoms with Gasteiger partial charge in [0, 0.05) is 25.7 Å². The third-order valence-corrected chi connectivity index (χ3v) is 6.55. The van der Waals surface area contributed by atoms with Gasteiger partial charge in [-0.2, -0.15) is 17.0 Å². The van der Waals surface area contributed by atoms with Crippen LogP contribution < -0.4 is 5.73 Å². The molecule has 0 bridgehead atoms. The van der Waals surface area contributed by atoms with Gasteiger partial charge in [0.1, 0.15) is 0 Å². The molecule has 2 aliphatic carbocycles. The molecular formula is C13H25N3O2S. The lowest BCUT2D eigenvalue weighted by Gasteiger charge is -2.35. The minimum atomic E-state index is -3.25. The lowest BCUT2D eigenvalue weighted by molar-refractivity contribution is 0.246. The van der Waals surface area contributed by atoms with Crippen LogP contribution in [-0.2, 0) is 10.2 Å². The van der Waals surface area contributed by atoms with Crippen LogP contribution in [-0.4, -0.2) is 49.2 Å². The Hall–Kier alpha value is -0.170. The van der Waals surface area contributed by atoms with Crippen LogP contribution >= 0.6 is 0 Å². The number of rotatable bonds is 6. The molecular weight excluding hydrogens is 262 g/mol. The molecule has 19 heavy (non-hydrogen) atoms. The molecule has 1 heterocycles. The van der Waals surface area contributed by atoms with Gasteiger partial charge in [-0.05, 0) is 56.9 Å². The second-order valence-electron chi connectivity index (χ2n) is 6.35. The summed E-state index contributed by atoms with van der Waals surface area (Å²) in [6.45, 7) is 2.63. The maximum Gasteiger partial charge on any atom is 0.282 e. The minimum absolute atomic E-state index is 0.281. The molecule has 2 N–H and O–H groups in total. The van der Waals surface area contributed by atoms with Crippen molar-refractivity contribution in [3.63, 3.8) is 0 Å². The molecule has 6 heteroatoms. The van der Waals surface area contributed by atoms with Crippen molar-refractivity contribution < 1.29 is 8.42 Å². The number of hydrogen-bond donors (Lipinski definition) is 1. The molecule has 1 atom stereocenters. The van der Waals surface area contributed by atoms with Gasteiger partial charge in [0.25, 0.3) is 10.2 Å². The van der Waals surface area contributed by atoms with Crippen molar-refractivity contribution in [3.05, 3.63) is 0 Å². The van der Waals surface area contributed by atoms with E-state index in [9.17, 15) is 8.42 Å². The molecule has 0 radical (unpaired) electrons. The summed E-state index contributed by atoms with van der Waals surface area (Å²) in [6, 6.07) is 0.281.